The fraction of sp³-hybridized carbons (Fsp3) is 0.632. The van der Waals surface area contributed by atoms with Gasteiger partial charge in [-0.3, -0.25) is 4.79 Å². The molecule has 3 heteroatoms. The molecule has 3 nitrogen and oxygen atoms in total. The molecular weight excluding hydrogens is 274 g/mol. The monoisotopic (exact) mass is 303 g/mol. The Hall–Kier alpha value is -1.51. The van der Waals surface area contributed by atoms with E-state index in [-0.39, 0.29) is 11.3 Å². The fourth-order valence-corrected chi connectivity index (χ4v) is 3.17. The zero-order chi connectivity index (χ0) is 16.3. The molecule has 0 radical (unpaired) electrons. The van der Waals surface area contributed by atoms with E-state index in [1.165, 1.54) is 6.42 Å². The van der Waals surface area contributed by atoms with Crippen LogP contribution in [-0.2, 0) is 4.79 Å². The predicted octanol–water partition coefficient (Wildman–Crippen LogP) is 4.23. The molecule has 22 heavy (non-hydrogen) atoms. The number of hydrogen-bond acceptors (Lipinski definition) is 2. The highest BCUT2D eigenvalue weighted by molar-refractivity contribution is 5.81. The van der Waals surface area contributed by atoms with Crippen LogP contribution >= 0.6 is 0 Å². The minimum absolute atomic E-state index is 0.103. The Balaban J connectivity index is 2.06. The van der Waals surface area contributed by atoms with E-state index in [9.17, 15) is 4.79 Å². The molecule has 1 fully saturated rings. The van der Waals surface area contributed by atoms with E-state index in [2.05, 4.69) is 33.8 Å². The molecule has 0 saturated carbocycles. The van der Waals surface area contributed by atoms with Gasteiger partial charge in [-0.1, -0.05) is 45.9 Å². The summed E-state index contributed by atoms with van der Waals surface area (Å²) in [4.78, 5) is 14.6. The van der Waals surface area contributed by atoms with Crippen LogP contribution in [-0.4, -0.2) is 30.0 Å². The number of amides is 1. The van der Waals surface area contributed by atoms with Gasteiger partial charge in [-0.05, 0) is 42.7 Å². The lowest BCUT2D eigenvalue weighted by atomic mass is 9.84. The van der Waals surface area contributed by atoms with E-state index in [0.29, 0.717) is 5.92 Å². The number of para-hydroxylation sites is 1. The number of piperidine rings is 1. The van der Waals surface area contributed by atoms with Crippen LogP contribution in [0.2, 0.25) is 0 Å². The van der Waals surface area contributed by atoms with Crippen molar-refractivity contribution in [3.05, 3.63) is 29.8 Å². The molecule has 0 spiro atoms. The van der Waals surface area contributed by atoms with E-state index in [4.69, 9.17) is 4.74 Å². The molecule has 1 aromatic carbocycles. The topological polar surface area (TPSA) is 29.5 Å². The molecule has 1 atom stereocenters. The molecule has 1 amide bonds. The molecule has 122 valence electrons. The Labute approximate surface area is 134 Å². The maximum Gasteiger partial charge on any atom is 0.263 e. The minimum atomic E-state index is -0.436. The van der Waals surface area contributed by atoms with E-state index >= 15 is 0 Å². The van der Waals surface area contributed by atoms with Crippen molar-refractivity contribution in [3.63, 3.8) is 0 Å². The number of likely N-dealkylation sites (tertiary alicyclic amines) is 1. The summed E-state index contributed by atoms with van der Waals surface area (Å²) < 4.78 is 6.00. The van der Waals surface area contributed by atoms with Crippen LogP contribution in [0.3, 0.4) is 0 Å². The van der Waals surface area contributed by atoms with Crippen molar-refractivity contribution in [1.29, 1.82) is 0 Å². The van der Waals surface area contributed by atoms with Crippen LogP contribution in [0.15, 0.2) is 24.3 Å². The quantitative estimate of drug-likeness (QED) is 0.833. The van der Waals surface area contributed by atoms with Crippen LogP contribution in [0.1, 0.15) is 58.9 Å². The molecule has 1 aliphatic heterocycles. The molecule has 0 unspecified atom stereocenters. The first-order chi connectivity index (χ1) is 10.3. The summed E-state index contributed by atoms with van der Waals surface area (Å²) in [5.41, 5.74) is 1.37. The lowest BCUT2D eigenvalue weighted by molar-refractivity contribution is -0.141. The van der Waals surface area contributed by atoms with Gasteiger partial charge in [0.1, 0.15) is 5.75 Å². The summed E-state index contributed by atoms with van der Waals surface area (Å²) in [6, 6.07) is 8.00. The summed E-state index contributed by atoms with van der Waals surface area (Å²) in [7, 11) is 0. The number of ether oxygens (including phenoxy) is 1. The van der Waals surface area contributed by atoms with Crippen LogP contribution in [0.25, 0.3) is 0 Å². The highest BCUT2D eigenvalue weighted by Crippen LogP contribution is 2.30. The zero-order valence-corrected chi connectivity index (χ0v) is 14.6. The van der Waals surface area contributed by atoms with E-state index < -0.39 is 6.10 Å². The molecule has 0 bridgehead atoms. The highest BCUT2D eigenvalue weighted by atomic mass is 16.5. The van der Waals surface area contributed by atoms with Crippen molar-refractivity contribution in [2.45, 2.75) is 59.5 Å². The molecular formula is C19H29NO2. The predicted molar refractivity (Wildman–Crippen MR) is 90.2 cm³/mol. The largest absolute Gasteiger partial charge is 0.481 e. The maximum atomic E-state index is 12.7. The molecule has 1 aliphatic rings. The Kier molecular flexibility index (Phi) is 5.15. The standard InChI is InChI=1S/C19H29NO2/c1-14(2)16-9-6-7-10-17(16)22-15(3)18(21)20-12-8-11-19(4,5)13-20/h6-7,9-10,14-15H,8,11-13H2,1-5H3/t15-/m1/s1. The molecule has 0 aliphatic carbocycles. The second-order valence-electron chi connectivity index (χ2n) is 7.48. The lowest BCUT2D eigenvalue weighted by Gasteiger charge is -2.39. The van der Waals surface area contributed by atoms with Crippen molar-refractivity contribution < 1.29 is 9.53 Å². The van der Waals surface area contributed by atoms with E-state index in [0.717, 1.165) is 30.8 Å². The summed E-state index contributed by atoms with van der Waals surface area (Å²) in [6.07, 6.45) is 1.82. The third-order valence-corrected chi connectivity index (χ3v) is 4.40. The number of hydrogen-bond donors (Lipinski definition) is 0. The van der Waals surface area contributed by atoms with Gasteiger partial charge in [-0.15, -0.1) is 0 Å². The third kappa shape index (κ3) is 4.02. The smallest absolute Gasteiger partial charge is 0.263 e. The third-order valence-electron chi connectivity index (χ3n) is 4.40. The molecule has 2 rings (SSSR count). The Morgan fingerprint density at radius 1 is 1.23 bits per heavy atom. The number of nitrogens with zero attached hydrogens (tertiary/aromatic N) is 1. The van der Waals surface area contributed by atoms with Crippen LogP contribution < -0.4 is 4.74 Å². The minimum Gasteiger partial charge on any atom is -0.481 e. The van der Waals surface area contributed by atoms with Crippen molar-refractivity contribution in [2.75, 3.05) is 13.1 Å². The second-order valence-corrected chi connectivity index (χ2v) is 7.48. The summed E-state index contributed by atoms with van der Waals surface area (Å²) in [5.74, 6) is 1.31. The highest BCUT2D eigenvalue weighted by Gasteiger charge is 2.32. The average Bonchev–Trinajstić information content (AvgIpc) is 2.45. The molecule has 0 N–H and O–H groups in total. The van der Waals surface area contributed by atoms with Gasteiger partial charge in [0.15, 0.2) is 6.10 Å². The Morgan fingerprint density at radius 2 is 1.91 bits per heavy atom. The van der Waals surface area contributed by atoms with Crippen molar-refractivity contribution in [1.82, 2.24) is 4.90 Å². The lowest BCUT2D eigenvalue weighted by Crippen LogP contribution is -2.48. The van der Waals surface area contributed by atoms with Gasteiger partial charge in [0.25, 0.3) is 5.91 Å². The van der Waals surface area contributed by atoms with Gasteiger partial charge in [0.05, 0.1) is 0 Å². The SMILES string of the molecule is CC(C)c1ccccc1O[C@H](C)C(=O)N1CCCC(C)(C)C1. The maximum absolute atomic E-state index is 12.7. The summed E-state index contributed by atoms with van der Waals surface area (Å²) in [5, 5.41) is 0. The van der Waals surface area contributed by atoms with Gasteiger partial charge >= 0.3 is 0 Å². The molecule has 0 aromatic heterocycles. The summed E-state index contributed by atoms with van der Waals surface area (Å²) >= 11 is 0. The Bertz CT molecular complexity index is 522. The van der Waals surface area contributed by atoms with E-state index in [1.54, 1.807) is 0 Å². The van der Waals surface area contributed by atoms with Crippen LogP contribution in [0.5, 0.6) is 5.75 Å². The first-order valence-corrected chi connectivity index (χ1v) is 8.34. The van der Waals surface area contributed by atoms with Crippen molar-refractivity contribution in [3.8, 4) is 5.75 Å². The summed E-state index contributed by atoms with van der Waals surface area (Å²) in [6.45, 7) is 12.3. The van der Waals surface area contributed by atoms with E-state index in [1.807, 2.05) is 30.0 Å². The van der Waals surface area contributed by atoms with Gasteiger partial charge in [-0.2, -0.15) is 0 Å². The van der Waals surface area contributed by atoms with Gasteiger partial charge < -0.3 is 9.64 Å². The van der Waals surface area contributed by atoms with Crippen LogP contribution in [0, 0.1) is 5.41 Å². The normalized spacial score (nSPS) is 19.1. The Morgan fingerprint density at radius 3 is 2.55 bits per heavy atom. The first kappa shape index (κ1) is 16.9. The molecule has 1 heterocycles. The number of benzene rings is 1. The van der Waals surface area contributed by atoms with Crippen LogP contribution in [0.4, 0.5) is 0 Å². The average molecular weight is 303 g/mol. The molecule has 1 aromatic rings. The van der Waals surface area contributed by atoms with Crippen molar-refractivity contribution >= 4 is 5.91 Å². The second kappa shape index (κ2) is 6.72. The fourth-order valence-electron chi connectivity index (χ4n) is 3.17. The number of carbonyl (C=O) groups excluding carboxylic acids is 1. The molecule has 1 saturated heterocycles. The van der Waals surface area contributed by atoms with Gasteiger partial charge in [-0.25, -0.2) is 0 Å². The number of rotatable bonds is 4. The van der Waals surface area contributed by atoms with Crippen molar-refractivity contribution in [2.24, 2.45) is 5.41 Å². The van der Waals surface area contributed by atoms with Gasteiger partial charge in [0, 0.05) is 13.1 Å². The first-order valence-electron chi connectivity index (χ1n) is 8.34. The van der Waals surface area contributed by atoms with Gasteiger partial charge in [0.2, 0.25) is 0 Å². The number of carbonyl (C=O) groups is 1. The zero-order valence-electron chi connectivity index (χ0n) is 14.6.